The summed E-state index contributed by atoms with van der Waals surface area (Å²) >= 11 is 1.83. The molecule has 3 heterocycles. The average Bonchev–Trinajstić information content (AvgIpc) is 3.36. The van der Waals surface area contributed by atoms with Gasteiger partial charge in [0, 0.05) is 28.7 Å². The van der Waals surface area contributed by atoms with Crippen LogP contribution in [0.15, 0.2) is 71.3 Å². The van der Waals surface area contributed by atoms with Gasteiger partial charge in [0.2, 0.25) is 11.8 Å². The Bertz CT molecular complexity index is 1570. The zero-order chi connectivity index (χ0) is 29.5. The van der Waals surface area contributed by atoms with Gasteiger partial charge in [0.05, 0.1) is 19.9 Å². The second kappa shape index (κ2) is 11.2. The molecule has 6 rings (SSSR count). The first kappa shape index (κ1) is 28.5. The molecule has 2 aromatic heterocycles. The predicted molar refractivity (Wildman–Crippen MR) is 168 cm³/mol. The molecule has 2 fully saturated rings. The van der Waals surface area contributed by atoms with Crippen LogP contribution in [0.25, 0.3) is 10.9 Å². The largest absolute Gasteiger partial charge is 0.497 e. The fourth-order valence-corrected chi connectivity index (χ4v) is 8.15. The molecule has 2 aliphatic rings. The lowest BCUT2D eigenvalue weighted by atomic mass is 9.87. The Kier molecular flexibility index (Phi) is 7.60. The number of aryl methyl sites for hydroxylation is 1. The number of H-pyrrole nitrogens is 1. The van der Waals surface area contributed by atoms with Crippen LogP contribution in [-0.2, 0) is 16.1 Å². The highest BCUT2D eigenvalue weighted by atomic mass is 32.2. The highest BCUT2D eigenvalue weighted by molar-refractivity contribution is 7.99. The number of carbonyl (C=O) groups excluding carboxylic acids is 2. The first-order valence-corrected chi connectivity index (χ1v) is 15.8. The van der Waals surface area contributed by atoms with Gasteiger partial charge in [0.25, 0.3) is 0 Å². The number of aromatic amines is 1. The number of nitrogens with one attached hydrogen (secondary N) is 2. The summed E-state index contributed by atoms with van der Waals surface area (Å²) in [6.45, 7) is 6.91. The molecular formula is C34H39N3O4S. The maximum atomic E-state index is 14.5. The van der Waals surface area contributed by atoms with E-state index < -0.39 is 5.54 Å². The molecule has 2 amide bonds. The maximum Gasteiger partial charge on any atom is 0.250 e. The van der Waals surface area contributed by atoms with Crippen LogP contribution >= 0.6 is 11.8 Å². The molecular weight excluding hydrogens is 546 g/mol. The van der Waals surface area contributed by atoms with E-state index in [4.69, 9.17) is 9.15 Å². The first-order valence-electron chi connectivity index (χ1n) is 14.7. The van der Waals surface area contributed by atoms with Crippen molar-refractivity contribution in [3.63, 3.8) is 0 Å². The molecule has 0 unspecified atom stereocenters. The Morgan fingerprint density at radius 2 is 1.81 bits per heavy atom. The van der Waals surface area contributed by atoms with E-state index >= 15 is 0 Å². The topological polar surface area (TPSA) is 87.6 Å². The quantitative estimate of drug-likeness (QED) is 0.218. The van der Waals surface area contributed by atoms with Gasteiger partial charge in [-0.3, -0.25) is 9.59 Å². The summed E-state index contributed by atoms with van der Waals surface area (Å²) in [7, 11) is 1.62. The highest BCUT2D eigenvalue weighted by Gasteiger charge is 2.60. The zero-order valence-corrected chi connectivity index (χ0v) is 25.6. The summed E-state index contributed by atoms with van der Waals surface area (Å²) in [6.07, 6.45) is 3.18. The van der Waals surface area contributed by atoms with Crippen molar-refractivity contribution in [1.29, 1.82) is 0 Å². The van der Waals surface area contributed by atoms with Crippen molar-refractivity contribution in [2.75, 3.05) is 23.9 Å². The number of anilines is 1. The molecule has 0 spiro atoms. The number of methoxy groups -OCH3 is 1. The molecule has 2 N–H and O–H groups in total. The van der Waals surface area contributed by atoms with Gasteiger partial charge in [0.1, 0.15) is 17.0 Å². The van der Waals surface area contributed by atoms with E-state index in [9.17, 15) is 9.59 Å². The van der Waals surface area contributed by atoms with Crippen LogP contribution in [0.3, 0.4) is 0 Å². The van der Waals surface area contributed by atoms with Crippen LogP contribution < -0.4 is 10.1 Å². The molecule has 0 radical (unpaired) electrons. The Morgan fingerprint density at radius 1 is 1.07 bits per heavy atom. The van der Waals surface area contributed by atoms with Gasteiger partial charge in [-0.15, -0.1) is 0 Å². The van der Waals surface area contributed by atoms with Crippen molar-refractivity contribution in [2.24, 2.45) is 11.3 Å². The fraction of sp³-hybridized carbons (Fsp3) is 0.412. The Morgan fingerprint density at radius 3 is 2.50 bits per heavy atom. The van der Waals surface area contributed by atoms with E-state index in [1.54, 1.807) is 13.4 Å². The second-order valence-corrected chi connectivity index (χ2v) is 13.4. The molecule has 1 saturated heterocycles. The number of ether oxygens (including phenoxy) is 1. The van der Waals surface area contributed by atoms with Crippen molar-refractivity contribution in [3.05, 3.63) is 83.9 Å². The number of benzene rings is 2. The summed E-state index contributed by atoms with van der Waals surface area (Å²) in [5.74, 6) is 3.30. The third kappa shape index (κ3) is 5.10. The van der Waals surface area contributed by atoms with Crippen LogP contribution in [0.2, 0.25) is 0 Å². The van der Waals surface area contributed by atoms with Crippen LogP contribution in [0, 0.1) is 18.3 Å². The van der Waals surface area contributed by atoms with E-state index in [1.807, 2.05) is 59.1 Å². The van der Waals surface area contributed by atoms with Crippen LogP contribution in [0.5, 0.6) is 5.75 Å². The minimum atomic E-state index is -0.972. The highest BCUT2D eigenvalue weighted by Crippen LogP contribution is 2.67. The van der Waals surface area contributed by atoms with Crippen LogP contribution in [0.4, 0.5) is 5.69 Å². The predicted octanol–water partition coefficient (Wildman–Crippen LogP) is 7.14. The number of rotatable bonds is 9. The number of carbonyl (C=O) groups is 2. The van der Waals surface area contributed by atoms with Crippen molar-refractivity contribution >= 4 is 40.2 Å². The monoisotopic (exact) mass is 585 g/mol. The second-order valence-electron chi connectivity index (χ2n) is 12.2. The Labute approximate surface area is 251 Å². The molecule has 2 aromatic carbocycles. The van der Waals surface area contributed by atoms with Gasteiger partial charge >= 0.3 is 0 Å². The lowest BCUT2D eigenvalue weighted by Crippen LogP contribution is -2.60. The summed E-state index contributed by atoms with van der Waals surface area (Å²) in [5, 5.41) is 4.36. The number of amides is 2. The minimum absolute atomic E-state index is 0.00116. The van der Waals surface area contributed by atoms with Crippen molar-refractivity contribution in [2.45, 2.75) is 58.0 Å². The number of thioether (sulfide) groups is 1. The Hall–Kier alpha value is -3.65. The molecule has 4 aromatic rings. The lowest BCUT2D eigenvalue weighted by Gasteiger charge is -2.44. The smallest absolute Gasteiger partial charge is 0.250 e. The number of nitrogens with zero attached hydrogens (tertiary/aromatic N) is 1. The lowest BCUT2D eigenvalue weighted by molar-refractivity contribution is -0.148. The minimum Gasteiger partial charge on any atom is -0.497 e. The number of para-hydroxylation sites is 1. The molecule has 42 heavy (non-hydrogen) atoms. The van der Waals surface area contributed by atoms with Gasteiger partial charge in [-0.05, 0) is 96.5 Å². The van der Waals surface area contributed by atoms with E-state index in [0.717, 1.165) is 28.5 Å². The van der Waals surface area contributed by atoms with Crippen molar-refractivity contribution < 1.29 is 18.7 Å². The summed E-state index contributed by atoms with van der Waals surface area (Å²) in [5.41, 5.74) is 3.28. The molecule has 1 aliphatic carbocycles. The van der Waals surface area contributed by atoms with Gasteiger partial charge in [0.15, 0.2) is 0 Å². The average molecular weight is 586 g/mol. The number of hydrogen-bond donors (Lipinski definition) is 2. The van der Waals surface area contributed by atoms with Crippen LogP contribution in [0.1, 0.15) is 56.0 Å². The van der Waals surface area contributed by atoms with Crippen molar-refractivity contribution in [1.82, 2.24) is 9.88 Å². The number of aromatic nitrogens is 1. The van der Waals surface area contributed by atoms with E-state index in [2.05, 4.69) is 49.3 Å². The van der Waals surface area contributed by atoms with Crippen molar-refractivity contribution in [3.8, 4) is 5.75 Å². The molecule has 2 atom stereocenters. The number of hydrogen-bond acceptors (Lipinski definition) is 5. The third-order valence-electron chi connectivity index (χ3n) is 9.50. The van der Waals surface area contributed by atoms with Gasteiger partial charge in [-0.2, -0.15) is 11.8 Å². The standard InChI is InChI=1S/C34H39N3O4S/c1-22-30(26-9-5-6-10-28(26)35-22)31-27(33(31,2)3)20-29(38)37(21-25-8-7-17-41-25)34(15-18-42-19-16-34)32(39)36-23-11-13-24(40-4)14-12-23/h5-14,17,27,31,35H,15-16,18-21H2,1-4H3,(H,36,39)/t27-,31+/m0/s1. The third-order valence-corrected chi connectivity index (χ3v) is 10.5. The SMILES string of the molecule is COc1ccc(NC(=O)C2(N(Cc3ccco3)C(=O)C[C@H]3[C@H](c4c(C)[nH]c5ccccc45)C3(C)C)CCSCC2)cc1. The molecule has 1 saturated carbocycles. The summed E-state index contributed by atoms with van der Waals surface area (Å²) in [4.78, 5) is 34.1. The Balaban J connectivity index is 1.31. The molecule has 1 aliphatic heterocycles. The molecule has 8 heteroatoms. The van der Waals surface area contributed by atoms with E-state index in [1.165, 1.54) is 10.9 Å². The van der Waals surface area contributed by atoms with Crippen LogP contribution in [-0.4, -0.2) is 45.9 Å². The molecule has 7 nitrogen and oxygen atoms in total. The normalized spacial score (nSPS) is 20.7. The number of furan rings is 1. The van der Waals surface area contributed by atoms with Gasteiger partial charge in [-0.1, -0.05) is 32.0 Å². The molecule has 0 bridgehead atoms. The zero-order valence-electron chi connectivity index (χ0n) is 24.7. The maximum absolute atomic E-state index is 14.5. The van der Waals surface area contributed by atoms with Gasteiger partial charge in [-0.25, -0.2) is 0 Å². The number of fused-ring (bicyclic) bond motifs is 1. The first-order chi connectivity index (χ1) is 20.2. The van der Waals surface area contributed by atoms with E-state index in [-0.39, 0.29) is 35.6 Å². The summed E-state index contributed by atoms with van der Waals surface area (Å²) < 4.78 is 11.0. The summed E-state index contributed by atoms with van der Waals surface area (Å²) in [6, 6.07) is 19.4. The fourth-order valence-electron chi connectivity index (χ4n) is 6.98. The van der Waals surface area contributed by atoms with E-state index in [0.29, 0.717) is 30.7 Å². The van der Waals surface area contributed by atoms with Gasteiger partial charge < -0.3 is 24.4 Å². The molecule has 220 valence electrons.